The molecule has 2 aromatic carbocycles. The van der Waals surface area contributed by atoms with Crippen LogP contribution in [-0.4, -0.2) is 36.1 Å². The second-order valence-electron chi connectivity index (χ2n) is 8.69. The summed E-state index contributed by atoms with van der Waals surface area (Å²) in [5, 5.41) is 2.60. The van der Waals surface area contributed by atoms with Crippen LogP contribution >= 0.6 is 0 Å². The maximum atomic E-state index is 12.3. The SMILES string of the molecule is O=C(NC1(S(=O)[O-])CC1)c1ccc(COc2cccc(-c3cnc(OCC4CC4)cn3)c2)cc1. The van der Waals surface area contributed by atoms with E-state index in [2.05, 4.69) is 15.3 Å². The summed E-state index contributed by atoms with van der Waals surface area (Å²) in [6, 6.07) is 14.5. The molecule has 1 N–H and O–H groups in total. The largest absolute Gasteiger partial charge is 0.771 e. The molecule has 176 valence electrons. The Labute approximate surface area is 200 Å². The van der Waals surface area contributed by atoms with E-state index in [1.807, 2.05) is 24.3 Å². The van der Waals surface area contributed by atoms with Crippen LogP contribution in [0.1, 0.15) is 41.6 Å². The van der Waals surface area contributed by atoms with Crippen LogP contribution in [-0.2, 0) is 17.7 Å². The molecule has 0 bridgehead atoms. The Balaban J connectivity index is 1.16. The van der Waals surface area contributed by atoms with Gasteiger partial charge in [-0.05, 0) is 72.5 Å². The highest BCUT2D eigenvalue weighted by molar-refractivity contribution is 7.81. The van der Waals surface area contributed by atoms with Crippen LogP contribution in [0.2, 0.25) is 0 Å². The predicted molar refractivity (Wildman–Crippen MR) is 125 cm³/mol. The van der Waals surface area contributed by atoms with E-state index in [9.17, 15) is 13.6 Å². The van der Waals surface area contributed by atoms with E-state index >= 15 is 0 Å². The lowest BCUT2D eigenvalue weighted by molar-refractivity contribution is 0.0944. The van der Waals surface area contributed by atoms with E-state index in [0.717, 1.165) is 16.8 Å². The minimum atomic E-state index is -2.32. The molecular weight excluding hydrogens is 454 g/mol. The Morgan fingerprint density at radius 2 is 1.88 bits per heavy atom. The van der Waals surface area contributed by atoms with Gasteiger partial charge in [-0.2, -0.15) is 0 Å². The summed E-state index contributed by atoms with van der Waals surface area (Å²) in [5.74, 6) is 1.48. The molecule has 0 aliphatic heterocycles. The smallest absolute Gasteiger partial charge is 0.252 e. The van der Waals surface area contributed by atoms with Gasteiger partial charge in [0.05, 0.1) is 24.7 Å². The average Bonchev–Trinajstić information content (AvgIpc) is 3.79. The van der Waals surface area contributed by atoms with Crippen molar-refractivity contribution in [2.45, 2.75) is 37.2 Å². The lowest BCUT2D eigenvalue weighted by atomic mass is 10.1. The van der Waals surface area contributed by atoms with Gasteiger partial charge in [-0.15, -0.1) is 0 Å². The van der Waals surface area contributed by atoms with Crippen molar-refractivity contribution in [2.24, 2.45) is 5.92 Å². The standard InChI is InChI=1S/C25H25N3O5S/c29-24(28-25(10-11-25)34(30)31)19-8-6-18(7-9-19)15-32-21-3-1-2-20(12-21)22-13-27-23(14-26-22)33-16-17-4-5-17/h1-3,6-9,12-14,17H,4-5,10-11,15-16H2,(H,28,29)(H,30,31)/p-1. The van der Waals surface area contributed by atoms with Crippen LogP contribution in [0.25, 0.3) is 11.3 Å². The molecule has 5 rings (SSSR count). The van der Waals surface area contributed by atoms with E-state index in [-0.39, 0.29) is 0 Å². The summed E-state index contributed by atoms with van der Waals surface area (Å²) in [6.07, 6.45) is 6.68. The third-order valence-electron chi connectivity index (χ3n) is 5.91. The molecule has 9 heteroatoms. The molecule has 8 nitrogen and oxygen atoms in total. The summed E-state index contributed by atoms with van der Waals surface area (Å²) in [4.78, 5) is 20.0. The van der Waals surface area contributed by atoms with Crippen molar-refractivity contribution in [1.82, 2.24) is 15.3 Å². The summed E-state index contributed by atoms with van der Waals surface area (Å²) >= 11 is -2.32. The number of aromatic nitrogens is 2. The first-order valence-electron chi connectivity index (χ1n) is 11.2. The van der Waals surface area contributed by atoms with Crippen molar-refractivity contribution < 1.29 is 23.0 Å². The third-order valence-corrected chi connectivity index (χ3v) is 7.06. The normalized spacial score (nSPS) is 17.0. The summed E-state index contributed by atoms with van der Waals surface area (Å²) in [6.45, 7) is 1.02. The van der Waals surface area contributed by atoms with E-state index in [1.54, 1.807) is 36.7 Å². The number of carbonyl (C=O) groups excluding carboxylic acids is 1. The van der Waals surface area contributed by atoms with Gasteiger partial charge in [-0.1, -0.05) is 24.3 Å². The molecule has 3 aromatic rings. The van der Waals surface area contributed by atoms with Gasteiger partial charge < -0.3 is 19.3 Å². The minimum absolute atomic E-state index is 0.319. The molecule has 0 radical (unpaired) electrons. The second-order valence-corrected chi connectivity index (χ2v) is 9.94. The van der Waals surface area contributed by atoms with Gasteiger partial charge in [0, 0.05) is 11.1 Å². The summed E-state index contributed by atoms with van der Waals surface area (Å²) in [5.41, 5.74) is 2.90. The summed E-state index contributed by atoms with van der Waals surface area (Å²) in [7, 11) is 0. The predicted octanol–water partition coefficient (Wildman–Crippen LogP) is 3.61. The van der Waals surface area contributed by atoms with Gasteiger partial charge in [0.15, 0.2) is 0 Å². The molecule has 1 atom stereocenters. The third kappa shape index (κ3) is 5.43. The first-order valence-corrected chi connectivity index (χ1v) is 12.3. The molecule has 2 aliphatic rings. The number of amides is 1. The van der Waals surface area contributed by atoms with E-state index < -0.39 is 21.9 Å². The lowest BCUT2D eigenvalue weighted by Gasteiger charge is -2.20. The van der Waals surface area contributed by atoms with Gasteiger partial charge in [0.25, 0.3) is 5.91 Å². The maximum Gasteiger partial charge on any atom is 0.252 e. The zero-order chi connectivity index (χ0) is 23.5. The van der Waals surface area contributed by atoms with E-state index in [1.165, 1.54) is 12.8 Å². The van der Waals surface area contributed by atoms with Crippen molar-refractivity contribution >= 4 is 17.0 Å². The van der Waals surface area contributed by atoms with Crippen molar-refractivity contribution in [3.63, 3.8) is 0 Å². The minimum Gasteiger partial charge on any atom is -0.771 e. The number of benzene rings is 2. The fraction of sp³-hybridized carbons (Fsp3) is 0.320. The Morgan fingerprint density at radius 1 is 1.09 bits per heavy atom. The zero-order valence-electron chi connectivity index (χ0n) is 18.4. The Hall–Kier alpha value is -3.30. The highest BCUT2D eigenvalue weighted by Crippen LogP contribution is 2.38. The molecule has 1 amide bonds. The molecular formula is C25H24N3O5S-. The van der Waals surface area contributed by atoms with E-state index in [0.29, 0.717) is 49.2 Å². The number of ether oxygens (including phenoxy) is 2. The van der Waals surface area contributed by atoms with Gasteiger partial charge in [-0.3, -0.25) is 9.00 Å². The first kappa shape index (κ1) is 22.5. The number of nitrogens with one attached hydrogen (secondary N) is 1. The number of nitrogens with zero attached hydrogens (tertiary/aromatic N) is 2. The van der Waals surface area contributed by atoms with Gasteiger partial charge in [0.1, 0.15) is 17.2 Å². The number of rotatable bonds is 10. The van der Waals surface area contributed by atoms with Crippen molar-refractivity contribution in [2.75, 3.05) is 6.61 Å². The molecule has 1 aromatic heterocycles. The summed E-state index contributed by atoms with van der Waals surface area (Å²) < 4.78 is 34.1. The topological polar surface area (TPSA) is 113 Å². The maximum absolute atomic E-state index is 12.3. The van der Waals surface area contributed by atoms with E-state index in [4.69, 9.17) is 9.47 Å². The number of carbonyl (C=O) groups is 1. The second kappa shape index (κ2) is 9.52. The Morgan fingerprint density at radius 3 is 2.53 bits per heavy atom. The molecule has 2 fully saturated rings. The molecule has 1 unspecified atom stereocenters. The van der Waals surface area contributed by atoms with Crippen LogP contribution in [0.15, 0.2) is 60.9 Å². The fourth-order valence-corrected chi connectivity index (χ4v) is 4.03. The van der Waals surface area contributed by atoms with Gasteiger partial charge in [-0.25, -0.2) is 9.97 Å². The lowest BCUT2D eigenvalue weighted by Crippen LogP contribution is -2.40. The number of hydrogen-bond donors (Lipinski definition) is 1. The molecule has 2 aliphatic carbocycles. The van der Waals surface area contributed by atoms with Crippen molar-refractivity contribution in [3.05, 3.63) is 72.1 Å². The monoisotopic (exact) mass is 478 g/mol. The van der Waals surface area contributed by atoms with Crippen molar-refractivity contribution in [1.29, 1.82) is 0 Å². The van der Waals surface area contributed by atoms with Crippen LogP contribution < -0.4 is 14.8 Å². The van der Waals surface area contributed by atoms with Crippen LogP contribution in [0.3, 0.4) is 0 Å². The first-order chi connectivity index (χ1) is 16.5. The zero-order valence-corrected chi connectivity index (χ0v) is 19.3. The van der Waals surface area contributed by atoms with Crippen molar-refractivity contribution in [3.8, 4) is 22.9 Å². The van der Waals surface area contributed by atoms with Crippen LogP contribution in [0.5, 0.6) is 11.6 Å². The van der Waals surface area contributed by atoms with Gasteiger partial charge >= 0.3 is 0 Å². The molecule has 0 saturated heterocycles. The highest BCUT2D eigenvalue weighted by Gasteiger charge is 2.45. The van der Waals surface area contributed by atoms with Crippen LogP contribution in [0, 0.1) is 5.92 Å². The Bertz CT molecular complexity index is 1190. The molecule has 1 heterocycles. The van der Waals surface area contributed by atoms with Gasteiger partial charge in [0.2, 0.25) is 5.88 Å². The molecule has 34 heavy (non-hydrogen) atoms. The molecule has 0 spiro atoms. The van der Waals surface area contributed by atoms with Crippen LogP contribution in [0.4, 0.5) is 0 Å². The molecule has 2 saturated carbocycles. The highest BCUT2D eigenvalue weighted by atomic mass is 32.2. The quantitative estimate of drug-likeness (QED) is 0.443. The number of hydrogen-bond acceptors (Lipinski definition) is 7. The Kier molecular flexibility index (Phi) is 6.30. The fourth-order valence-electron chi connectivity index (χ4n) is 3.42. The average molecular weight is 479 g/mol.